The molecule has 0 spiro atoms. The Balaban J connectivity index is 1.79. The van der Waals surface area contributed by atoms with Gasteiger partial charge in [0, 0.05) is 31.3 Å². The molecule has 142 valence electrons. The van der Waals surface area contributed by atoms with Crippen LogP contribution in [-0.4, -0.2) is 23.9 Å². The number of carbonyl (C=O) groups is 1. The van der Waals surface area contributed by atoms with Crippen LogP contribution in [-0.2, 0) is 6.54 Å². The number of hydrogen-bond acceptors (Lipinski definition) is 4. The molecule has 6 heteroatoms. The number of carbonyl (C=O) groups excluding carboxylic acids is 1. The molecule has 0 atom stereocenters. The van der Waals surface area contributed by atoms with E-state index >= 15 is 0 Å². The largest absolute Gasteiger partial charge is 0.352 e. The van der Waals surface area contributed by atoms with Gasteiger partial charge in [-0.15, -0.1) is 0 Å². The minimum Gasteiger partial charge on any atom is -0.352 e. The van der Waals surface area contributed by atoms with E-state index in [-0.39, 0.29) is 16.5 Å². The summed E-state index contributed by atoms with van der Waals surface area (Å²) in [5.74, 6) is -0.0460. The average molecular weight is 367 g/mol. The molecule has 27 heavy (non-hydrogen) atoms. The van der Waals surface area contributed by atoms with Gasteiger partial charge in [0.05, 0.1) is 10.5 Å². The molecule has 0 aliphatic rings. The fourth-order valence-corrected chi connectivity index (χ4v) is 2.54. The first-order chi connectivity index (χ1) is 13.1. The van der Waals surface area contributed by atoms with Crippen LogP contribution in [0.2, 0.25) is 0 Å². The Kier molecular flexibility index (Phi) is 8.19. The number of nitro benzene ring substituents is 1. The second-order valence-corrected chi connectivity index (χ2v) is 6.16. The standard InChI is InChI=1S/C21H25N3O3/c1-2-3-15-23-21(25)19-12-10-17(11-13-19)16-22-14-6-8-18-7-4-5-9-20(18)24(26)27/h4-13,22H,2-3,14-16H2,1H3,(H,23,25)/b8-6+. The summed E-state index contributed by atoms with van der Waals surface area (Å²) < 4.78 is 0. The fourth-order valence-electron chi connectivity index (χ4n) is 2.54. The van der Waals surface area contributed by atoms with Crippen molar-refractivity contribution >= 4 is 17.7 Å². The van der Waals surface area contributed by atoms with Crippen LogP contribution in [0.4, 0.5) is 5.69 Å². The maximum absolute atomic E-state index is 12.0. The molecule has 0 heterocycles. The van der Waals surface area contributed by atoms with E-state index in [0.29, 0.717) is 30.8 Å². The Morgan fingerprint density at radius 2 is 1.89 bits per heavy atom. The van der Waals surface area contributed by atoms with Crippen molar-refractivity contribution in [3.8, 4) is 0 Å². The molecule has 0 unspecified atom stereocenters. The summed E-state index contributed by atoms with van der Waals surface area (Å²) >= 11 is 0. The third-order valence-electron chi connectivity index (χ3n) is 4.05. The van der Waals surface area contributed by atoms with Gasteiger partial charge in [0.15, 0.2) is 0 Å². The van der Waals surface area contributed by atoms with E-state index in [1.165, 1.54) is 6.07 Å². The number of hydrogen-bond donors (Lipinski definition) is 2. The van der Waals surface area contributed by atoms with Gasteiger partial charge in [0.2, 0.25) is 0 Å². The summed E-state index contributed by atoms with van der Waals surface area (Å²) in [6, 6.07) is 14.1. The van der Waals surface area contributed by atoms with Crippen molar-refractivity contribution in [2.45, 2.75) is 26.3 Å². The van der Waals surface area contributed by atoms with Crippen molar-refractivity contribution in [3.63, 3.8) is 0 Å². The summed E-state index contributed by atoms with van der Waals surface area (Å²) in [6.07, 6.45) is 5.64. The van der Waals surface area contributed by atoms with Gasteiger partial charge in [-0.25, -0.2) is 0 Å². The van der Waals surface area contributed by atoms with Gasteiger partial charge in [-0.1, -0.05) is 49.8 Å². The summed E-state index contributed by atoms with van der Waals surface area (Å²) in [6.45, 7) is 4.03. The topological polar surface area (TPSA) is 84.3 Å². The zero-order valence-corrected chi connectivity index (χ0v) is 15.5. The maximum atomic E-state index is 12.0. The van der Waals surface area contributed by atoms with Crippen molar-refractivity contribution in [2.75, 3.05) is 13.1 Å². The van der Waals surface area contributed by atoms with Crippen molar-refractivity contribution in [3.05, 3.63) is 81.4 Å². The predicted octanol–water partition coefficient (Wildman–Crippen LogP) is 3.93. The van der Waals surface area contributed by atoms with E-state index in [9.17, 15) is 14.9 Å². The highest BCUT2D eigenvalue weighted by atomic mass is 16.6. The monoisotopic (exact) mass is 367 g/mol. The summed E-state index contributed by atoms with van der Waals surface area (Å²) in [4.78, 5) is 22.5. The molecule has 2 aromatic rings. The Labute approximate surface area is 159 Å². The van der Waals surface area contributed by atoms with E-state index in [4.69, 9.17) is 0 Å². The van der Waals surface area contributed by atoms with Crippen LogP contribution < -0.4 is 10.6 Å². The van der Waals surface area contributed by atoms with E-state index < -0.39 is 0 Å². The van der Waals surface area contributed by atoms with E-state index in [2.05, 4.69) is 17.6 Å². The molecule has 0 radical (unpaired) electrons. The number of para-hydroxylation sites is 1. The van der Waals surface area contributed by atoms with Gasteiger partial charge in [0.1, 0.15) is 0 Å². The average Bonchev–Trinajstić information content (AvgIpc) is 2.68. The van der Waals surface area contributed by atoms with Crippen molar-refractivity contribution in [1.82, 2.24) is 10.6 Å². The molecule has 0 bridgehead atoms. The third kappa shape index (κ3) is 6.67. The van der Waals surface area contributed by atoms with Gasteiger partial charge in [-0.2, -0.15) is 0 Å². The normalized spacial score (nSPS) is 10.9. The first kappa shape index (κ1) is 20.3. The van der Waals surface area contributed by atoms with Gasteiger partial charge < -0.3 is 10.6 Å². The predicted molar refractivity (Wildman–Crippen MR) is 108 cm³/mol. The number of benzene rings is 2. The molecule has 0 aliphatic heterocycles. The first-order valence-electron chi connectivity index (χ1n) is 9.09. The molecule has 0 aliphatic carbocycles. The second-order valence-electron chi connectivity index (χ2n) is 6.16. The van der Waals surface area contributed by atoms with Crippen LogP contribution in [0.25, 0.3) is 6.08 Å². The maximum Gasteiger partial charge on any atom is 0.276 e. The lowest BCUT2D eigenvalue weighted by Gasteiger charge is -2.06. The molecule has 0 aromatic heterocycles. The molecule has 0 saturated heterocycles. The smallest absolute Gasteiger partial charge is 0.276 e. The highest BCUT2D eigenvalue weighted by Crippen LogP contribution is 2.18. The lowest BCUT2D eigenvalue weighted by molar-refractivity contribution is -0.385. The van der Waals surface area contributed by atoms with Crippen LogP contribution in [0.5, 0.6) is 0 Å². The van der Waals surface area contributed by atoms with Gasteiger partial charge in [0.25, 0.3) is 11.6 Å². The van der Waals surface area contributed by atoms with Crippen molar-refractivity contribution < 1.29 is 9.72 Å². The highest BCUT2D eigenvalue weighted by molar-refractivity contribution is 5.94. The number of nitrogens with zero attached hydrogens (tertiary/aromatic N) is 1. The Hall–Kier alpha value is -2.99. The minimum atomic E-state index is -0.382. The molecule has 2 N–H and O–H groups in total. The van der Waals surface area contributed by atoms with Gasteiger partial charge >= 0.3 is 0 Å². The zero-order valence-electron chi connectivity index (χ0n) is 15.5. The molecule has 6 nitrogen and oxygen atoms in total. The molecule has 0 fully saturated rings. The lowest BCUT2D eigenvalue weighted by Crippen LogP contribution is -2.24. The van der Waals surface area contributed by atoms with Crippen molar-refractivity contribution in [1.29, 1.82) is 0 Å². The van der Waals surface area contributed by atoms with Gasteiger partial charge in [-0.3, -0.25) is 14.9 Å². The SMILES string of the molecule is CCCCNC(=O)c1ccc(CNC/C=C/c2ccccc2[N+](=O)[O-])cc1. The van der Waals surface area contributed by atoms with Crippen LogP contribution in [0.15, 0.2) is 54.6 Å². The summed E-state index contributed by atoms with van der Waals surface area (Å²) in [5.41, 5.74) is 2.41. The third-order valence-corrected chi connectivity index (χ3v) is 4.05. The van der Waals surface area contributed by atoms with Crippen LogP contribution >= 0.6 is 0 Å². The summed E-state index contributed by atoms with van der Waals surface area (Å²) in [5, 5.41) is 17.1. The molecular formula is C21H25N3O3. The fraction of sp³-hybridized carbons (Fsp3) is 0.286. The van der Waals surface area contributed by atoms with Gasteiger partial charge in [-0.05, 0) is 30.2 Å². The van der Waals surface area contributed by atoms with Crippen LogP contribution in [0, 0.1) is 10.1 Å². The Bertz CT molecular complexity index is 786. The zero-order chi connectivity index (χ0) is 19.5. The number of nitrogens with one attached hydrogen (secondary N) is 2. The molecule has 2 aromatic carbocycles. The molecule has 1 amide bonds. The second kappa shape index (κ2) is 10.9. The van der Waals surface area contributed by atoms with Crippen LogP contribution in [0.3, 0.4) is 0 Å². The molecule has 2 rings (SSSR count). The van der Waals surface area contributed by atoms with Crippen LogP contribution in [0.1, 0.15) is 41.3 Å². The molecular weight excluding hydrogens is 342 g/mol. The van der Waals surface area contributed by atoms with E-state index in [0.717, 1.165) is 18.4 Å². The van der Waals surface area contributed by atoms with Crippen molar-refractivity contribution in [2.24, 2.45) is 0 Å². The number of rotatable bonds is 10. The molecule has 0 saturated carbocycles. The number of amides is 1. The number of unbranched alkanes of at least 4 members (excludes halogenated alkanes) is 1. The minimum absolute atomic E-state index is 0.0460. The van der Waals surface area contributed by atoms with E-state index in [1.54, 1.807) is 24.3 Å². The lowest BCUT2D eigenvalue weighted by atomic mass is 10.1. The number of nitro groups is 1. The quantitative estimate of drug-likeness (QED) is 0.379. The Morgan fingerprint density at radius 3 is 2.59 bits per heavy atom. The highest BCUT2D eigenvalue weighted by Gasteiger charge is 2.08. The summed E-state index contributed by atoms with van der Waals surface area (Å²) in [7, 11) is 0. The van der Waals surface area contributed by atoms with E-state index in [1.807, 2.05) is 30.3 Å². The first-order valence-corrected chi connectivity index (χ1v) is 9.09. The Morgan fingerprint density at radius 1 is 1.15 bits per heavy atom.